The zero-order valence-corrected chi connectivity index (χ0v) is 16.5. The molecule has 1 heterocycles. The second kappa shape index (κ2) is 9.23. The van der Waals surface area contributed by atoms with E-state index in [1.165, 1.54) is 23.1 Å². The number of hydrogen-bond acceptors (Lipinski definition) is 6. The second-order valence-corrected chi connectivity index (χ2v) is 8.16. The Morgan fingerprint density at radius 2 is 1.96 bits per heavy atom. The molecule has 0 aliphatic rings. The Labute approximate surface area is 168 Å². The summed E-state index contributed by atoms with van der Waals surface area (Å²) < 4.78 is 6.33. The van der Waals surface area contributed by atoms with Crippen LogP contribution in [-0.2, 0) is 11.4 Å². The molecule has 0 spiro atoms. The van der Waals surface area contributed by atoms with Gasteiger partial charge in [-0.15, -0.1) is 10.2 Å². The van der Waals surface area contributed by atoms with Crippen molar-refractivity contribution in [1.82, 2.24) is 10.2 Å². The summed E-state index contributed by atoms with van der Waals surface area (Å²) in [5.74, 6) is 0.692. The van der Waals surface area contributed by atoms with Crippen LogP contribution < -0.4 is 10.1 Å². The van der Waals surface area contributed by atoms with Gasteiger partial charge in [0, 0.05) is 10.7 Å². The summed E-state index contributed by atoms with van der Waals surface area (Å²) in [6.45, 7) is 0.246. The maximum Gasteiger partial charge on any atom is 0.234 e. The van der Waals surface area contributed by atoms with Gasteiger partial charge in [-0.3, -0.25) is 4.79 Å². The quantitative estimate of drug-likeness (QED) is 0.529. The van der Waals surface area contributed by atoms with Crippen LogP contribution in [0.25, 0.3) is 0 Å². The molecule has 0 radical (unpaired) electrons. The number of nitrogens with one attached hydrogen (secondary N) is 1. The summed E-state index contributed by atoms with van der Waals surface area (Å²) in [5, 5.41) is 12.6. The zero-order valence-electron chi connectivity index (χ0n) is 13.3. The molecule has 0 fully saturated rings. The number of ether oxygens (including phenoxy) is 1. The van der Waals surface area contributed by atoms with Crippen molar-refractivity contribution in [2.45, 2.75) is 10.9 Å². The van der Waals surface area contributed by atoms with Crippen LogP contribution in [0.2, 0.25) is 10.0 Å². The number of nitrogens with zero attached hydrogens (tertiary/aromatic N) is 2. The fourth-order valence-electron chi connectivity index (χ4n) is 1.93. The first-order valence-electron chi connectivity index (χ1n) is 7.48. The van der Waals surface area contributed by atoms with Gasteiger partial charge in [0.1, 0.15) is 12.4 Å². The number of benzene rings is 2. The summed E-state index contributed by atoms with van der Waals surface area (Å²) in [7, 11) is 0. The van der Waals surface area contributed by atoms with Crippen LogP contribution in [0.3, 0.4) is 0 Å². The minimum Gasteiger partial charge on any atom is -0.485 e. The summed E-state index contributed by atoms with van der Waals surface area (Å²) in [6.07, 6.45) is 0. The van der Waals surface area contributed by atoms with Gasteiger partial charge in [-0.2, -0.15) is 0 Å². The van der Waals surface area contributed by atoms with Crippen molar-refractivity contribution in [3.8, 4) is 5.75 Å². The predicted octanol–water partition coefficient (Wildman–Crippen LogP) is 5.15. The topological polar surface area (TPSA) is 64.1 Å². The minimum absolute atomic E-state index is 0.0952. The molecule has 1 N–H and O–H groups in total. The molecule has 9 heteroatoms. The largest absolute Gasteiger partial charge is 0.485 e. The lowest BCUT2D eigenvalue weighted by molar-refractivity contribution is -0.113. The Kier molecular flexibility index (Phi) is 6.73. The van der Waals surface area contributed by atoms with Crippen LogP contribution in [-0.4, -0.2) is 21.9 Å². The Balaban J connectivity index is 1.47. The molecule has 134 valence electrons. The number of thioether (sulfide) groups is 1. The number of anilines is 1. The molecule has 0 saturated carbocycles. The average molecular weight is 426 g/mol. The number of carbonyl (C=O) groups is 1. The summed E-state index contributed by atoms with van der Waals surface area (Å²) in [6, 6.07) is 14.3. The first-order valence-corrected chi connectivity index (χ1v) is 10.0. The van der Waals surface area contributed by atoms with Crippen LogP contribution in [0.15, 0.2) is 52.9 Å². The van der Waals surface area contributed by atoms with Crippen LogP contribution in [0.1, 0.15) is 5.01 Å². The Hall–Kier alpha value is -1.80. The number of hydrogen-bond donors (Lipinski definition) is 1. The Morgan fingerprint density at radius 3 is 2.73 bits per heavy atom. The Bertz CT molecular complexity index is 891. The molecular weight excluding hydrogens is 413 g/mol. The van der Waals surface area contributed by atoms with Gasteiger partial charge < -0.3 is 10.1 Å². The fraction of sp³-hybridized carbons (Fsp3) is 0.118. The van der Waals surface area contributed by atoms with E-state index in [1.54, 1.807) is 18.2 Å². The van der Waals surface area contributed by atoms with Gasteiger partial charge in [0.2, 0.25) is 5.91 Å². The SMILES string of the molecule is O=C(CSc1nnc(COc2ccc(Cl)cc2Cl)s1)Nc1ccccc1. The van der Waals surface area contributed by atoms with Gasteiger partial charge in [-0.25, -0.2) is 0 Å². The molecule has 0 aliphatic carbocycles. The van der Waals surface area contributed by atoms with Gasteiger partial charge in [-0.1, -0.05) is 64.5 Å². The lowest BCUT2D eigenvalue weighted by Crippen LogP contribution is -2.13. The molecule has 0 saturated heterocycles. The molecule has 1 aromatic heterocycles. The molecule has 2 aromatic carbocycles. The van der Waals surface area contributed by atoms with E-state index >= 15 is 0 Å². The Morgan fingerprint density at radius 1 is 1.15 bits per heavy atom. The standard InChI is InChI=1S/C17H13Cl2N3O2S2/c18-11-6-7-14(13(19)8-11)24-9-16-21-22-17(26-16)25-10-15(23)20-12-4-2-1-3-5-12/h1-8H,9-10H2,(H,20,23). The average Bonchev–Trinajstić information content (AvgIpc) is 3.08. The van der Waals surface area contributed by atoms with Crippen molar-refractivity contribution in [3.05, 3.63) is 63.6 Å². The van der Waals surface area contributed by atoms with Crippen molar-refractivity contribution < 1.29 is 9.53 Å². The normalized spacial score (nSPS) is 10.5. The zero-order chi connectivity index (χ0) is 18.4. The molecule has 3 rings (SSSR count). The smallest absolute Gasteiger partial charge is 0.234 e. The molecule has 5 nitrogen and oxygen atoms in total. The number of rotatable bonds is 7. The molecule has 0 unspecified atom stereocenters. The van der Waals surface area contributed by atoms with Crippen LogP contribution >= 0.6 is 46.3 Å². The van der Waals surface area contributed by atoms with Gasteiger partial charge in [0.25, 0.3) is 0 Å². The summed E-state index contributed by atoms with van der Waals surface area (Å²) >= 11 is 14.6. The highest BCUT2D eigenvalue weighted by atomic mass is 35.5. The first kappa shape index (κ1) is 19.0. The fourth-order valence-corrected chi connectivity index (χ4v) is 4.00. The van der Waals surface area contributed by atoms with E-state index in [9.17, 15) is 4.79 Å². The van der Waals surface area contributed by atoms with E-state index in [0.717, 1.165) is 5.69 Å². The molecule has 1 amide bonds. The molecule has 26 heavy (non-hydrogen) atoms. The summed E-state index contributed by atoms with van der Waals surface area (Å²) in [5.41, 5.74) is 0.768. The van der Waals surface area contributed by atoms with Gasteiger partial charge >= 0.3 is 0 Å². The van der Waals surface area contributed by atoms with E-state index in [-0.39, 0.29) is 18.3 Å². The van der Waals surface area contributed by atoms with Crippen molar-refractivity contribution in [2.24, 2.45) is 0 Å². The maximum atomic E-state index is 11.9. The number of halogens is 2. The highest BCUT2D eigenvalue weighted by molar-refractivity contribution is 8.01. The van der Waals surface area contributed by atoms with Crippen LogP contribution in [0.5, 0.6) is 5.75 Å². The lowest BCUT2D eigenvalue weighted by atomic mass is 10.3. The third kappa shape index (κ3) is 5.60. The van der Waals surface area contributed by atoms with E-state index in [1.807, 2.05) is 30.3 Å². The molecular formula is C17H13Cl2N3O2S2. The highest BCUT2D eigenvalue weighted by Gasteiger charge is 2.10. The van der Waals surface area contributed by atoms with Crippen molar-refractivity contribution in [1.29, 1.82) is 0 Å². The van der Waals surface area contributed by atoms with Gasteiger partial charge in [-0.05, 0) is 30.3 Å². The van der Waals surface area contributed by atoms with Crippen LogP contribution in [0.4, 0.5) is 5.69 Å². The molecule has 3 aromatic rings. The monoisotopic (exact) mass is 425 g/mol. The third-order valence-electron chi connectivity index (χ3n) is 3.08. The van der Waals surface area contributed by atoms with Gasteiger partial charge in [0.15, 0.2) is 9.35 Å². The van der Waals surface area contributed by atoms with E-state index in [2.05, 4.69) is 15.5 Å². The van der Waals surface area contributed by atoms with Gasteiger partial charge in [0.05, 0.1) is 10.8 Å². The number of amides is 1. The number of aromatic nitrogens is 2. The maximum absolute atomic E-state index is 11.9. The summed E-state index contributed by atoms with van der Waals surface area (Å²) in [4.78, 5) is 11.9. The van der Waals surface area contributed by atoms with Crippen molar-refractivity contribution in [2.75, 3.05) is 11.1 Å². The molecule has 0 atom stereocenters. The van der Waals surface area contributed by atoms with E-state index in [4.69, 9.17) is 27.9 Å². The predicted molar refractivity (Wildman–Crippen MR) is 106 cm³/mol. The molecule has 0 aliphatic heterocycles. The van der Waals surface area contributed by atoms with Crippen molar-refractivity contribution >= 4 is 57.9 Å². The number of carbonyl (C=O) groups excluding carboxylic acids is 1. The second-order valence-electron chi connectivity index (χ2n) is 5.03. The molecule has 0 bridgehead atoms. The third-order valence-corrected chi connectivity index (χ3v) is 5.64. The van der Waals surface area contributed by atoms with E-state index in [0.29, 0.717) is 25.1 Å². The first-order chi connectivity index (χ1) is 12.6. The van der Waals surface area contributed by atoms with Crippen LogP contribution in [0, 0.1) is 0 Å². The highest BCUT2D eigenvalue weighted by Crippen LogP contribution is 2.29. The minimum atomic E-state index is -0.0952. The van der Waals surface area contributed by atoms with Crippen molar-refractivity contribution in [3.63, 3.8) is 0 Å². The number of para-hydroxylation sites is 1. The lowest BCUT2D eigenvalue weighted by Gasteiger charge is -2.05. The van der Waals surface area contributed by atoms with E-state index < -0.39 is 0 Å².